The highest BCUT2D eigenvalue weighted by Crippen LogP contribution is 2.28. The Labute approximate surface area is 96.4 Å². The van der Waals surface area contributed by atoms with E-state index in [9.17, 15) is 9.59 Å². The number of nitrogens with zero attached hydrogens (tertiary/aromatic N) is 1. The molecule has 0 atom stereocenters. The lowest BCUT2D eigenvalue weighted by Crippen LogP contribution is -2.44. The molecule has 4 nitrogen and oxygen atoms in total. The molecule has 0 aromatic heterocycles. The fourth-order valence-electron chi connectivity index (χ4n) is 2.02. The number of nitrogens with one attached hydrogen (secondary N) is 1. The third kappa shape index (κ3) is 2.97. The summed E-state index contributed by atoms with van der Waals surface area (Å²) in [5.74, 6) is 1.04. The minimum atomic E-state index is 0.0544. The van der Waals surface area contributed by atoms with Gasteiger partial charge >= 0.3 is 0 Å². The SMILES string of the molecule is CC1CCN(C(=O)CNC(=O)C2CC2)CC1. The summed E-state index contributed by atoms with van der Waals surface area (Å²) in [7, 11) is 0. The monoisotopic (exact) mass is 224 g/mol. The Balaban J connectivity index is 1.68. The average Bonchev–Trinajstić information content (AvgIpc) is 3.10. The minimum absolute atomic E-state index is 0.0544. The van der Waals surface area contributed by atoms with Gasteiger partial charge in [0.15, 0.2) is 0 Å². The summed E-state index contributed by atoms with van der Waals surface area (Å²) in [6.45, 7) is 4.10. The Kier molecular flexibility index (Phi) is 3.46. The molecule has 1 heterocycles. The Morgan fingerprint density at radius 1 is 1.19 bits per heavy atom. The van der Waals surface area contributed by atoms with E-state index in [0.29, 0.717) is 0 Å². The summed E-state index contributed by atoms with van der Waals surface area (Å²) in [5.41, 5.74) is 0. The first kappa shape index (κ1) is 11.4. The van der Waals surface area contributed by atoms with E-state index in [0.717, 1.165) is 44.7 Å². The van der Waals surface area contributed by atoms with Crippen LogP contribution in [0.3, 0.4) is 0 Å². The zero-order valence-corrected chi connectivity index (χ0v) is 9.87. The van der Waals surface area contributed by atoms with Crippen molar-refractivity contribution in [2.45, 2.75) is 32.6 Å². The molecule has 2 aliphatic rings. The van der Waals surface area contributed by atoms with Crippen molar-refractivity contribution < 1.29 is 9.59 Å². The van der Waals surface area contributed by atoms with Crippen LogP contribution in [-0.2, 0) is 9.59 Å². The van der Waals surface area contributed by atoms with Gasteiger partial charge in [-0.2, -0.15) is 0 Å². The van der Waals surface area contributed by atoms with Crippen LogP contribution in [0.4, 0.5) is 0 Å². The van der Waals surface area contributed by atoms with Crippen molar-refractivity contribution in [3.63, 3.8) is 0 Å². The summed E-state index contributed by atoms with van der Waals surface area (Å²) < 4.78 is 0. The van der Waals surface area contributed by atoms with Gasteiger partial charge < -0.3 is 10.2 Å². The Morgan fingerprint density at radius 3 is 2.38 bits per heavy atom. The zero-order chi connectivity index (χ0) is 11.5. The maximum atomic E-state index is 11.8. The number of hydrogen-bond donors (Lipinski definition) is 1. The second-order valence-electron chi connectivity index (χ2n) is 5.06. The van der Waals surface area contributed by atoms with E-state index in [2.05, 4.69) is 12.2 Å². The molecule has 2 rings (SSSR count). The van der Waals surface area contributed by atoms with Crippen molar-refractivity contribution in [2.24, 2.45) is 11.8 Å². The highest BCUT2D eigenvalue weighted by atomic mass is 16.2. The van der Waals surface area contributed by atoms with Crippen LogP contribution in [-0.4, -0.2) is 36.3 Å². The number of carbonyl (C=O) groups is 2. The van der Waals surface area contributed by atoms with Crippen LogP contribution in [0, 0.1) is 11.8 Å². The van der Waals surface area contributed by atoms with Crippen LogP contribution in [0.2, 0.25) is 0 Å². The smallest absolute Gasteiger partial charge is 0.241 e. The highest BCUT2D eigenvalue weighted by molar-refractivity contribution is 5.86. The minimum Gasteiger partial charge on any atom is -0.347 e. The topological polar surface area (TPSA) is 49.4 Å². The fraction of sp³-hybridized carbons (Fsp3) is 0.833. The lowest BCUT2D eigenvalue weighted by Gasteiger charge is -2.30. The molecule has 4 heteroatoms. The summed E-state index contributed by atoms with van der Waals surface area (Å²) >= 11 is 0. The zero-order valence-electron chi connectivity index (χ0n) is 9.87. The molecule has 0 aromatic rings. The lowest BCUT2D eigenvalue weighted by molar-refractivity contribution is -0.134. The van der Waals surface area contributed by atoms with E-state index >= 15 is 0 Å². The Hall–Kier alpha value is -1.06. The summed E-state index contributed by atoms with van der Waals surface area (Å²) in [6, 6.07) is 0. The van der Waals surface area contributed by atoms with Crippen LogP contribution in [0.1, 0.15) is 32.6 Å². The number of carbonyl (C=O) groups excluding carboxylic acids is 2. The van der Waals surface area contributed by atoms with E-state index in [4.69, 9.17) is 0 Å². The van der Waals surface area contributed by atoms with Crippen molar-refractivity contribution in [3.05, 3.63) is 0 Å². The van der Waals surface area contributed by atoms with Gasteiger partial charge in [0.05, 0.1) is 6.54 Å². The van der Waals surface area contributed by atoms with Gasteiger partial charge in [0.1, 0.15) is 0 Å². The Morgan fingerprint density at radius 2 is 1.81 bits per heavy atom. The third-order valence-corrected chi connectivity index (χ3v) is 3.50. The quantitative estimate of drug-likeness (QED) is 0.770. The first-order valence-corrected chi connectivity index (χ1v) is 6.22. The van der Waals surface area contributed by atoms with Crippen LogP contribution < -0.4 is 5.32 Å². The van der Waals surface area contributed by atoms with Crippen LogP contribution in [0.25, 0.3) is 0 Å². The van der Waals surface area contributed by atoms with E-state index in [1.807, 2.05) is 4.90 Å². The summed E-state index contributed by atoms with van der Waals surface area (Å²) in [5, 5.41) is 2.72. The van der Waals surface area contributed by atoms with Crippen LogP contribution in [0.5, 0.6) is 0 Å². The second kappa shape index (κ2) is 4.85. The predicted molar refractivity (Wildman–Crippen MR) is 60.7 cm³/mol. The van der Waals surface area contributed by atoms with Gasteiger partial charge in [0, 0.05) is 19.0 Å². The normalized spacial score (nSPS) is 21.9. The molecule has 2 amide bonds. The molecule has 90 valence electrons. The van der Waals surface area contributed by atoms with Gasteiger partial charge in [-0.3, -0.25) is 9.59 Å². The molecule has 1 saturated carbocycles. The van der Waals surface area contributed by atoms with E-state index in [-0.39, 0.29) is 24.3 Å². The molecule has 0 radical (unpaired) electrons. The first-order chi connectivity index (χ1) is 7.66. The Bertz CT molecular complexity index is 279. The predicted octanol–water partition coefficient (Wildman–Crippen LogP) is 0.771. The first-order valence-electron chi connectivity index (χ1n) is 6.22. The van der Waals surface area contributed by atoms with Crippen molar-refractivity contribution in [2.75, 3.05) is 19.6 Å². The van der Waals surface area contributed by atoms with Gasteiger partial charge in [-0.05, 0) is 31.6 Å². The standard InChI is InChI=1S/C12H20N2O2/c1-9-4-6-14(7-5-9)11(15)8-13-12(16)10-2-3-10/h9-10H,2-8H2,1H3,(H,13,16). The van der Waals surface area contributed by atoms with Crippen molar-refractivity contribution in [1.29, 1.82) is 0 Å². The number of rotatable bonds is 3. The van der Waals surface area contributed by atoms with E-state index in [1.165, 1.54) is 0 Å². The molecular formula is C12H20N2O2. The molecule has 0 spiro atoms. The molecule has 1 aliphatic heterocycles. The van der Waals surface area contributed by atoms with Gasteiger partial charge in [0.25, 0.3) is 0 Å². The molecule has 0 bridgehead atoms. The number of amides is 2. The molecule has 1 N–H and O–H groups in total. The lowest BCUT2D eigenvalue weighted by atomic mass is 9.99. The average molecular weight is 224 g/mol. The number of likely N-dealkylation sites (tertiary alicyclic amines) is 1. The van der Waals surface area contributed by atoms with Crippen LogP contribution >= 0.6 is 0 Å². The van der Waals surface area contributed by atoms with Crippen molar-refractivity contribution in [1.82, 2.24) is 10.2 Å². The molecule has 0 unspecified atom stereocenters. The van der Waals surface area contributed by atoms with E-state index in [1.54, 1.807) is 0 Å². The maximum Gasteiger partial charge on any atom is 0.241 e. The van der Waals surface area contributed by atoms with E-state index < -0.39 is 0 Å². The van der Waals surface area contributed by atoms with Gasteiger partial charge in [-0.25, -0.2) is 0 Å². The largest absolute Gasteiger partial charge is 0.347 e. The van der Waals surface area contributed by atoms with Gasteiger partial charge in [0.2, 0.25) is 11.8 Å². The second-order valence-corrected chi connectivity index (χ2v) is 5.06. The maximum absolute atomic E-state index is 11.8. The fourth-order valence-corrected chi connectivity index (χ4v) is 2.02. The van der Waals surface area contributed by atoms with Crippen LogP contribution in [0.15, 0.2) is 0 Å². The van der Waals surface area contributed by atoms with Gasteiger partial charge in [-0.1, -0.05) is 6.92 Å². The third-order valence-electron chi connectivity index (χ3n) is 3.50. The summed E-state index contributed by atoms with van der Waals surface area (Å²) in [4.78, 5) is 25.0. The number of piperidine rings is 1. The molecule has 0 aromatic carbocycles. The molecule has 1 saturated heterocycles. The highest BCUT2D eigenvalue weighted by Gasteiger charge is 2.30. The molecule has 16 heavy (non-hydrogen) atoms. The number of hydrogen-bond acceptors (Lipinski definition) is 2. The summed E-state index contributed by atoms with van der Waals surface area (Å²) in [6.07, 6.45) is 4.15. The molecular weight excluding hydrogens is 204 g/mol. The van der Waals surface area contributed by atoms with Crippen molar-refractivity contribution >= 4 is 11.8 Å². The molecule has 1 aliphatic carbocycles. The molecule has 2 fully saturated rings. The van der Waals surface area contributed by atoms with Crippen molar-refractivity contribution in [3.8, 4) is 0 Å². The van der Waals surface area contributed by atoms with Gasteiger partial charge in [-0.15, -0.1) is 0 Å².